The van der Waals surface area contributed by atoms with Crippen molar-refractivity contribution in [3.05, 3.63) is 54.1 Å². The van der Waals surface area contributed by atoms with Gasteiger partial charge in [0.05, 0.1) is 4.90 Å². The van der Waals surface area contributed by atoms with Crippen LogP contribution in [0.15, 0.2) is 47.4 Å². The van der Waals surface area contributed by atoms with Crippen LogP contribution in [-0.4, -0.2) is 14.4 Å². The summed E-state index contributed by atoms with van der Waals surface area (Å²) in [5, 5.41) is 2.31. The van der Waals surface area contributed by atoms with Crippen molar-refractivity contribution in [2.75, 3.05) is 10.0 Å². The monoisotopic (exact) mass is 327 g/mol. The Morgan fingerprint density at radius 1 is 0.955 bits per heavy atom. The molecule has 9 heteroatoms. The fraction of sp³-hybridized carbons (Fsp3) is 0. The molecule has 2 rings (SSSR count). The van der Waals surface area contributed by atoms with Gasteiger partial charge >= 0.3 is 6.03 Å². The minimum Gasteiger partial charge on any atom is -0.351 e. The Kier molecular flexibility index (Phi) is 4.27. The van der Waals surface area contributed by atoms with E-state index in [1.807, 2.05) is 0 Å². The van der Waals surface area contributed by atoms with E-state index in [-0.39, 0.29) is 5.69 Å². The molecule has 2 amide bonds. The van der Waals surface area contributed by atoms with E-state index < -0.39 is 32.6 Å². The molecule has 0 radical (unpaired) electrons. The van der Waals surface area contributed by atoms with Crippen molar-refractivity contribution in [2.24, 2.45) is 5.73 Å². The van der Waals surface area contributed by atoms with Crippen molar-refractivity contribution < 1.29 is 22.0 Å². The second kappa shape index (κ2) is 5.98. The van der Waals surface area contributed by atoms with Crippen LogP contribution in [0.5, 0.6) is 0 Å². The van der Waals surface area contributed by atoms with E-state index in [1.165, 1.54) is 24.3 Å². The first-order valence-electron chi connectivity index (χ1n) is 5.92. The Hall–Kier alpha value is -2.68. The number of halogens is 2. The summed E-state index contributed by atoms with van der Waals surface area (Å²) in [7, 11) is -4.06. The lowest BCUT2D eigenvalue weighted by atomic mass is 10.3. The van der Waals surface area contributed by atoms with Crippen LogP contribution in [0.2, 0.25) is 0 Å². The van der Waals surface area contributed by atoms with Gasteiger partial charge in [-0.3, -0.25) is 4.72 Å². The van der Waals surface area contributed by atoms with Gasteiger partial charge in [-0.05, 0) is 42.5 Å². The van der Waals surface area contributed by atoms with E-state index in [9.17, 15) is 22.0 Å². The molecule has 0 saturated heterocycles. The van der Waals surface area contributed by atoms with Gasteiger partial charge in [-0.15, -0.1) is 0 Å². The Labute approximate surface area is 125 Å². The fourth-order valence-corrected chi connectivity index (χ4v) is 2.69. The minimum atomic E-state index is -4.06. The van der Waals surface area contributed by atoms with Gasteiger partial charge in [-0.25, -0.2) is 22.0 Å². The normalized spacial score (nSPS) is 11.0. The van der Waals surface area contributed by atoms with Crippen molar-refractivity contribution in [3.63, 3.8) is 0 Å². The molecule has 0 aliphatic carbocycles. The van der Waals surface area contributed by atoms with E-state index in [4.69, 9.17) is 5.73 Å². The number of urea groups is 1. The first-order valence-corrected chi connectivity index (χ1v) is 7.40. The Morgan fingerprint density at radius 2 is 1.55 bits per heavy atom. The molecule has 0 saturated carbocycles. The van der Waals surface area contributed by atoms with Crippen LogP contribution in [0.4, 0.5) is 25.0 Å². The van der Waals surface area contributed by atoms with Crippen molar-refractivity contribution in [1.29, 1.82) is 0 Å². The zero-order valence-electron chi connectivity index (χ0n) is 11.0. The van der Waals surface area contributed by atoms with Crippen molar-refractivity contribution in [3.8, 4) is 0 Å². The highest BCUT2D eigenvalue weighted by atomic mass is 32.2. The number of nitrogens with two attached hydrogens (primary N) is 1. The van der Waals surface area contributed by atoms with Crippen LogP contribution >= 0.6 is 0 Å². The Bertz CT molecular complexity index is 808. The molecule has 0 spiro atoms. The number of hydrogen-bond acceptors (Lipinski definition) is 3. The number of benzene rings is 2. The molecule has 22 heavy (non-hydrogen) atoms. The standard InChI is InChI=1S/C13H11F2N3O3S/c14-11-6-5-10(7-12(11)15)22(20,21)18-9-3-1-8(2-4-9)17-13(16)19/h1-7,18H,(H3,16,17,19). The number of hydrogen-bond donors (Lipinski definition) is 3. The van der Waals surface area contributed by atoms with Gasteiger partial charge in [-0.2, -0.15) is 0 Å². The molecule has 6 nitrogen and oxygen atoms in total. The van der Waals surface area contributed by atoms with Gasteiger partial charge in [0.25, 0.3) is 10.0 Å². The van der Waals surface area contributed by atoms with Crippen LogP contribution in [0, 0.1) is 11.6 Å². The van der Waals surface area contributed by atoms with Crippen molar-refractivity contribution >= 4 is 27.4 Å². The molecule has 0 fully saturated rings. The lowest BCUT2D eigenvalue weighted by molar-refractivity contribution is 0.259. The summed E-state index contributed by atoms with van der Waals surface area (Å²) in [6, 6.07) is 7.11. The SMILES string of the molecule is NC(=O)Nc1ccc(NS(=O)(=O)c2ccc(F)c(F)c2)cc1. The fourth-order valence-electron chi connectivity index (χ4n) is 1.62. The summed E-state index contributed by atoms with van der Waals surface area (Å²) in [4.78, 5) is 10.2. The van der Waals surface area contributed by atoms with Gasteiger partial charge in [0.15, 0.2) is 11.6 Å². The molecule has 0 heterocycles. The average Bonchev–Trinajstić information content (AvgIpc) is 2.43. The molecule has 116 valence electrons. The highest BCUT2D eigenvalue weighted by molar-refractivity contribution is 7.92. The summed E-state index contributed by atoms with van der Waals surface area (Å²) in [5.41, 5.74) is 5.50. The molecule has 0 bridgehead atoms. The van der Waals surface area contributed by atoms with Crippen LogP contribution in [0.25, 0.3) is 0 Å². The molecule has 0 unspecified atom stereocenters. The summed E-state index contributed by atoms with van der Waals surface area (Å²) < 4.78 is 52.2. The van der Waals surface area contributed by atoms with Crippen molar-refractivity contribution in [2.45, 2.75) is 4.90 Å². The second-order valence-electron chi connectivity index (χ2n) is 4.25. The number of primary amides is 1. The van der Waals surface area contributed by atoms with Crippen LogP contribution in [0.3, 0.4) is 0 Å². The van der Waals surface area contributed by atoms with E-state index in [0.717, 1.165) is 12.1 Å². The van der Waals surface area contributed by atoms with Gasteiger partial charge < -0.3 is 11.1 Å². The molecule has 2 aromatic rings. The molecule has 0 atom stereocenters. The summed E-state index contributed by atoms with van der Waals surface area (Å²) >= 11 is 0. The van der Waals surface area contributed by atoms with Gasteiger partial charge in [0, 0.05) is 11.4 Å². The molecule has 4 N–H and O–H groups in total. The molecular weight excluding hydrogens is 316 g/mol. The number of amides is 2. The predicted molar refractivity (Wildman–Crippen MR) is 76.8 cm³/mol. The summed E-state index contributed by atoms with van der Waals surface area (Å²) in [6.45, 7) is 0. The molecule has 2 aromatic carbocycles. The first-order chi connectivity index (χ1) is 10.3. The van der Waals surface area contributed by atoms with Gasteiger partial charge in [0.1, 0.15) is 0 Å². The highest BCUT2D eigenvalue weighted by Gasteiger charge is 2.16. The quantitative estimate of drug-likeness (QED) is 0.802. The first kappa shape index (κ1) is 15.7. The smallest absolute Gasteiger partial charge is 0.316 e. The van der Waals surface area contributed by atoms with Gasteiger partial charge in [0.2, 0.25) is 0 Å². The van der Waals surface area contributed by atoms with E-state index in [0.29, 0.717) is 11.8 Å². The number of anilines is 2. The lowest BCUT2D eigenvalue weighted by Gasteiger charge is -2.09. The van der Waals surface area contributed by atoms with E-state index in [2.05, 4.69) is 10.0 Å². The second-order valence-corrected chi connectivity index (χ2v) is 5.93. The lowest BCUT2D eigenvalue weighted by Crippen LogP contribution is -2.19. The van der Waals surface area contributed by atoms with Crippen LogP contribution in [-0.2, 0) is 10.0 Å². The molecule has 0 aliphatic heterocycles. The number of nitrogens with one attached hydrogen (secondary N) is 2. The van der Waals surface area contributed by atoms with E-state index >= 15 is 0 Å². The molecular formula is C13H11F2N3O3S. The minimum absolute atomic E-state index is 0.180. The largest absolute Gasteiger partial charge is 0.351 e. The Morgan fingerprint density at radius 3 is 2.09 bits per heavy atom. The maximum absolute atomic E-state index is 13.1. The predicted octanol–water partition coefficient (Wildman–Crippen LogP) is 2.26. The van der Waals surface area contributed by atoms with Crippen LogP contribution in [0.1, 0.15) is 0 Å². The summed E-state index contributed by atoms with van der Waals surface area (Å²) in [5.74, 6) is -2.40. The number of carbonyl (C=O) groups excluding carboxylic acids is 1. The topological polar surface area (TPSA) is 101 Å². The average molecular weight is 327 g/mol. The number of carbonyl (C=O) groups is 1. The van der Waals surface area contributed by atoms with Crippen LogP contribution < -0.4 is 15.8 Å². The third kappa shape index (κ3) is 3.70. The number of sulfonamides is 1. The molecule has 0 aromatic heterocycles. The zero-order valence-corrected chi connectivity index (χ0v) is 11.8. The molecule has 0 aliphatic rings. The maximum Gasteiger partial charge on any atom is 0.316 e. The highest BCUT2D eigenvalue weighted by Crippen LogP contribution is 2.19. The maximum atomic E-state index is 13.1. The third-order valence-electron chi connectivity index (χ3n) is 2.61. The summed E-state index contributed by atoms with van der Waals surface area (Å²) in [6.07, 6.45) is 0. The van der Waals surface area contributed by atoms with Crippen molar-refractivity contribution in [1.82, 2.24) is 0 Å². The Balaban J connectivity index is 2.21. The van der Waals surface area contributed by atoms with E-state index in [1.54, 1.807) is 0 Å². The zero-order chi connectivity index (χ0) is 16.3. The van der Waals surface area contributed by atoms with Gasteiger partial charge in [-0.1, -0.05) is 0 Å². The third-order valence-corrected chi connectivity index (χ3v) is 3.98. The number of rotatable bonds is 4.